The van der Waals surface area contributed by atoms with Gasteiger partial charge in [-0.25, -0.2) is 9.78 Å². The van der Waals surface area contributed by atoms with Crippen molar-refractivity contribution in [3.05, 3.63) is 28.0 Å². The molecule has 5 heteroatoms. The Labute approximate surface area is 98.4 Å². The Bertz CT molecular complexity index is 368. The van der Waals surface area contributed by atoms with E-state index in [0.717, 1.165) is 6.42 Å². The van der Waals surface area contributed by atoms with Crippen LogP contribution in [0.25, 0.3) is 0 Å². The van der Waals surface area contributed by atoms with Crippen LogP contribution in [-0.4, -0.2) is 17.1 Å². The van der Waals surface area contributed by atoms with Crippen LogP contribution in [0.15, 0.2) is 12.3 Å². The second-order valence-electron chi connectivity index (χ2n) is 3.12. The molecule has 1 heterocycles. The molecule has 0 aliphatic carbocycles. The van der Waals surface area contributed by atoms with Gasteiger partial charge in [-0.1, -0.05) is 30.1 Å². The summed E-state index contributed by atoms with van der Waals surface area (Å²) in [7, 11) is 0. The van der Waals surface area contributed by atoms with Gasteiger partial charge in [-0.05, 0) is 19.4 Å². The monoisotopic (exact) mass is 247 g/mol. The maximum absolute atomic E-state index is 11.5. The van der Waals surface area contributed by atoms with Crippen molar-refractivity contribution in [1.82, 2.24) is 4.98 Å². The zero-order valence-corrected chi connectivity index (χ0v) is 9.97. The summed E-state index contributed by atoms with van der Waals surface area (Å²) in [5.74, 6) is -0.435. The molecule has 15 heavy (non-hydrogen) atoms. The molecule has 1 rings (SSSR count). The van der Waals surface area contributed by atoms with E-state index in [1.807, 2.05) is 13.8 Å². The van der Waals surface area contributed by atoms with Crippen molar-refractivity contribution < 1.29 is 9.53 Å². The lowest BCUT2D eigenvalue weighted by Crippen LogP contribution is -2.14. The molecule has 3 nitrogen and oxygen atoms in total. The highest BCUT2D eigenvalue weighted by Gasteiger charge is 2.12. The molecule has 0 N–H and O–H groups in total. The topological polar surface area (TPSA) is 39.2 Å². The maximum atomic E-state index is 11.5. The standard InChI is InChI=1S/C10H11Cl2NO2/c1-3-6(2)15-10(14)7-4-8(11)9(12)13-5-7/h4-6H,3H2,1-2H3. The first kappa shape index (κ1) is 12.3. The molecule has 1 atom stereocenters. The van der Waals surface area contributed by atoms with Gasteiger partial charge in [-0.3, -0.25) is 0 Å². The van der Waals surface area contributed by atoms with E-state index in [2.05, 4.69) is 4.98 Å². The molecule has 82 valence electrons. The first-order valence-corrected chi connectivity index (χ1v) is 5.32. The van der Waals surface area contributed by atoms with Crippen LogP contribution in [-0.2, 0) is 4.74 Å². The highest BCUT2D eigenvalue weighted by atomic mass is 35.5. The Morgan fingerprint density at radius 1 is 1.60 bits per heavy atom. The van der Waals surface area contributed by atoms with Gasteiger partial charge in [0.05, 0.1) is 16.7 Å². The number of hydrogen-bond acceptors (Lipinski definition) is 3. The largest absolute Gasteiger partial charge is 0.459 e. The number of nitrogens with zero attached hydrogens (tertiary/aromatic N) is 1. The van der Waals surface area contributed by atoms with Crippen LogP contribution < -0.4 is 0 Å². The van der Waals surface area contributed by atoms with Crippen molar-refractivity contribution >= 4 is 29.2 Å². The van der Waals surface area contributed by atoms with E-state index in [4.69, 9.17) is 27.9 Å². The Kier molecular flexibility index (Phi) is 4.36. The van der Waals surface area contributed by atoms with E-state index in [-0.39, 0.29) is 16.3 Å². The molecular weight excluding hydrogens is 237 g/mol. The fourth-order valence-electron chi connectivity index (χ4n) is 0.867. The molecule has 0 bridgehead atoms. The van der Waals surface area contributed by atoms with Crippen molar-refractivity contribution in [3.63, 3.8) is 0 Å². The second-order valence-corrected chi connectivity index (χ2v) is 3.89. The molecule has 0 amide bonds. The van der Waals surface area contributed by atoms with Gasteiger partial charge < -0.3 is 4.74 Å². The molecule has 0 saturated heterocycles. The van der Waals surface area contributed by atoms with E-state index >= 15 is 0 Å². The van der Waals surface area contributed by atoms with Crippen molar-refractivity contribution in [2.45, 2.75) is 26.4 Å². The summed E-state index contributed by atoms with van der Waals surface area (Å²) >= 11 is 11.3. The average molecular weight is 248 g/mol. The van der Waals surface area contributed by atoms with Gasteiger partial charge in [0.1, 0.15) is 5.15 Å². The zero-order chi connectivity index (χ0) is 11.4. The van der Waals surface area contributed by atoms with Crippen molar-refractivity contribution in [3.8, 4) is 0 Å². The van der Waals surface area contributed by atoms with E-state index in [9.17, 15) is 4.79 Å². The SMILES string of the molecule is CCC(C)OC(=O)c1cnc(Cl)c(Cl)c1. The maximum Gasteiger partial charge on any atom is 0.340 e. The minimum absolute atomic E-state index is 0.119. The number of ether oxygens (including phenoxy) is 1. The summed E-state index contributed by atoms with van der Waals surface area (Å²) in [6.07, 6.45) is 1.99. The van der Waals surface area contributed by atoms with Crippen LogP contribution in [0.1, 0.15) is 30.6 Å². The minimum atomic E-state index is -0.435. The predicted octanol–water partition coefficient (Wildman–Crippen LogP) is 3.34. The van der Waals surface area contributed by atoms with E-state index in [0.29, 0.717) is 5.56 Å². The molecule has 0 spiro atoms. The number of rotatable bonds is 3. The normalized spacial score (nSPS) is 12.3. The quantitative estimate of drug-likeness (QED) is 0.608. The Morgan fingerprint density at radius 2 is 2.27 bits per heavy atom. The highest BCUT2D eigenvalue weighted by molar-refractivity contribution is 6.41. The number of carbonyl (C=O) groups is 1. The number of pyridine rings is 1. The number of hydrogen-bond donors (Lipinski definition) is 0. The molecule has 1 aromatic heterocycles. The van der Waals surface area contributed by atoms with Crippen LogP contribution in [0.3, 0.4) is 0 Å². The molecule has 0 aliphatic rings. The molecule has 1 unspecified atom stereocenters. The summed E-state index contributed by atoms with van der Waals surface area (Å²) in [6, 6.07) is 1.45. The Hall–Kier alpha value is -0.800. The zero-order valence-electron chi connectivity index (χ0n) is 8.46. The van der Waals surface area contributed by atoms with E-state index in [1.54, 1.807) is 0 Å². The molecule has 0 saturated carbocycles. The number of halogens is 2. The summed E-state index contributed by atoms with van der Waals surface area (Å²) in [5.41, 5.74) is 0.310. The van der Waals surface area contributed by atoms with Gasteiger partial charge in [0.25, 0.3) is 0 Å². The third-order valence-corrected chi connectivity index (χ3v) is 2.60. The van der Waals surface area contributed by atoms with Gasteiger partial charge >= 0.3 is 5.97 Å². The molecule has 0 radical (unpaired) electrons. The van der Waals surface area contributed by atoms with Crippen LogP contribution in [0.2, 0.25) is 10.2 Å². The first-order chi connectivity index (χ1) is 7.04. The molecule has 0 fully saturated rings. The van der Waals surface area contributed by atoms with E-state index < -0.39 is 5.97 Å². The Balaban J connectivity index is 2.78. The average Bonchev–Trinajstić information content (AvgIpc) is 2.21. The number of carbonyl (C=O) groups excluding carboxylic acids is 1. The molecule has 0 aliphatic heterocycles. The molecular formula is C10H11Cl2NO2. The lowest BCUT2D eigenvalue weighted by Gasteiger charge is -2.10. The van der Waals surface area contributed by atoms with Gasteiger partial charge in [-0.15, -0.1) is 0 Å². The summed E-state index contributed by atoms with van der Waals surface area (Å²) < 4.78 is 5.10. The third kappa shape index (κ3) is 3.36. The summed E-state index contributed by atoms with van der Waals surface area (Å²) in [4.78, 5) is 15.3. The third-order valence-electron chi connectivity index (χ3n) is 1.92. The van der Waals surface area contributed by atoms with Gasteiger partial charge in [0.15, 0.2) is 0 Å². The van der Waals surface area contributed by atoms with Gasteiger partial charge in [-0.2, -0.15) is 0 Å². The van der Waals surface area contributed by atoms with Crippen LogP contribution in [0.4, 0.5) is 0 Å². The lowest BCUT2D eigenvalue weighted by molar-refractivity contribution is 0.0334. The molecule has 0 aromatic carbocycles. The van der Waals surface area contributed by atoms with Crippen molar-refractivity contribution in [2.24, 2.45) is 0 Å². The first-order valence-electron chi connectivity index (χ1n) is 4.56. The fraction of sp³-hybridized carbons (Fsp3) is 0.400. The minimum Gasteiger partial charge on any atom is -0.459 e. The summed E-state index contributed by atoms with van der Waals surface area (Å²) in [5, 5.41) is 0.423. The van der Waals surface area contributed by atoms with Crippen molar-refractivity contribution in [1.29, 1.82) is 0 Å². The summed E-state index contributed by atoms with van der Waals surface area (Å²) in [6.45, 7) is 3.76. The highest BCUT2D eigenvalue weighted by Crippen LogP contribution is 2.20. The Morgan fingerprint density at radius 3 is 2.80 bits per heavy atom. The molecule has 1 aromatic rings. The lowest BCUT2D eigenvalue weighted by atomic mass is 10.3. The van der Waals surface area contributed by atoms with Crippen LogP contribution in [0, 0.1) is 0 Å². The smallest absolute Gasteiger partial charge is 0.340 e. The fourth-order valence-corrected chi connectivity index (χ4v) is 1.14. The van der Waals surface area contributed by atoms with Crippen LogP contribution in [0.5, 0.6) is 0 Å². The number of esters is 1. The van der Waals surface area contributed by atoms with E-state index in [1.165, 1.54) is 12.3 Å². The van der Waals surface area contributed by atoms with Gasteiger partial charge in [0, 0.05) is 6.20 Å². The van der Waals surface area contributed by atoms with Crippen LogP contribution >= 0.6 is 23.2 Å². The number of aromatic nitrogens is 1. The van der Waals surface area contributed by atoms with Gasteiger partial charge in [0.2, 0.25) is 0 Å². The second kappa shape index (κ2) is 5.33. The van der Waals surface area contributed by atoms with Crippen molar-refractivity contribution in [2.75, 3.05) is 0 Å². The predicted molar refractivity (Wildman–Crippen MR) is 59.4 cm³/mol.